The van der Waals surface area contributed by atoms with Crippen molar-refractivity contribution in [2.24, 2.45) is 17.1 Å². The lowest BCUT2D eigenvalue weighted by molar-refractivity contribution is 0.182. The van der Waals surface area contributed by atoms with Crippen LogP contribution in [0, 0.1) is 11.3 Å². The second kappa shape index (κ2) is 6.50. The lowest BCUT2D eigenvalue weighted by Gasteiger charge is -2.26. The van der Waals surface area contributed by atoms with Gasteiger partial charge in [-0.05, 0) is 54.3 Å². The second-order valence-electron chi connectivity index (χ2n) is 7.48. The van der Waals surface area contributed by atoms with Crippen LogP contribution in [0.4, 0.5) is 4.79 Å². The molecule has 0 saturated heterocycles. The van der Waals surface area contributed by atoms with Gasteiger partial charge in [0.15, 0.2) is 0 Å². The number of nitrogens with one attached hydrogen (secondary N) is 1. The van der Waals surface area contributed by atoms with Crippen LogP contribution < -0.4 is 11.1 Å². The van der Waals surface area contributed by atoms with Gasteiger partial charge in [0.05, 0.1) is 15.6 Å². The molecule has 1 amide bonds. The molecule has 0 radical (unpaired) electrons. The minimum absolute atomic E-state index is 0.0214. The summed E-state index contributed by atoms with van der Waals surface area (Å²) in [5.41, 5.74) is 7.07. The zero-order chi connectivity index (χ0) is 17.4. The van der Waals surface area contributed by atoms with Crippen LogP contribution >= 0.6 is 23.2 Å². The highest BCUT2D eigenvalue weighted by Gasteiger charge is 2.59. The van der Waals surface area contributed by atoms with Gasteiger partial charge >= 0.3 is 6.09 Å². The summed E-state index contributed by atoms with van der Waals surface area (Å²) in [6.07, 6.45) is 1.05. The van der Waals surface area contributed by atoms with Crippen molar-refractivity contribution in [3.8, 4) is 0 Å². The molecular weight excluding hydrogens is 335 g/mol. The monoisotopic (exact) mass is 358 g/mol. The molecule has 23 heavy (non-hydrogen) atoms. The zero-order valence-corrected chi connectivity index (χ0v) is 15.3. The molecule has 1 aromatic rings. The minimum atomic E-state index is -1.00. The lowest BCUT2D eigenvalue weighted by atomic mass is 9.85. The number of halogens is 2. The summed E-state index contributed by atoms with van der Waals surface area (Å²) in [4.78, 5) is 11.3. The predicted molar refractivity (Wildman–Crippen MR) is 94.4 cm³/mol. The molecule has 0 aliphatic heterocycles. The lowest BCUT2D eigenvalue weighted by Crippen LogP contribution is -2.41. The Morgan fingerprint density at radius 3 is 2.57 bits per heavy atom. The Morgan fingerprint density at radius 1 is 1.43 bits per heavy atom. The van der Waals surface area contributed by atoms with E-state index in [1.165, 1.54) is 0 Å². The molecule has 2 atom stereocenters. The number of nitrogens with two attached hydrogens (primary N) is 1. The number of carboxylic acid groups (broad SMARTS) is 1. The quantitative estimate of drug-likeness (QED) is 0.741. The van der Waals surface area contributed by atoms with Crippen molar-refractivity contribution in [3.05, 3.63) is 33.3 Å². The third kappa shape index (κ3) is 4.11. The third-order valence-electron chi connectivity index (χ3n) is 4.58. The van der Waals surface area contributed by atoms with Crippen LogP contribution in [0.25, 0.3) is 0 Å². The SMILES string of the molecule is CC(C)(C)C1CC1(Cc1cc(CCN)cc(Cl)c1Cl)NC(=O)O. The number of hydrogen-bond donors (Lipinski definition) is 3. The molecule has 2 rings (SSSR count). The molecule has 1 aliphatic carbocycles. The largest absolute Gasteiger partial charge is 0.465 e. The number of rotatable bonds is 5. The van der Waals surface area contributed by atoms with Gasteiger partial charge in [0.1, 0.15) is 0 Å². The van der Waals surface area contributed by atoms with Gasteiger partial charge in [-0.1, -0.05) is 50.0 Å². The first-order valence-corrected chi connectivity index (χ1v) is 8.52. The van der Waals surface area contributed by atoms with Gasteiger partial charge in [-0.3, -0.25) is 0 Å². The van der Waals surface area contributed by atoms with Crippen LogP contribution in [0.5, 0.6) is 0 Å². The van der Waals surface area contributed by atoms with E-state index >= 15 is 0 Å². The smallest absolute Gasteiger partial charge is 0.405 e. The Balaban J connectivity index is 2.33. The van der Waals surface area contributed by atoms with Crippen molar-refractivity contribution in [1.29, 1.82) is 0 Å². The summed E-state index contributed by atoms with van der Waals surface area (Å²) in [6.45, 7) is 6.91. The summed E-state index contributed by atoms with van der Waals surface area (Å²) in [5, 5.41) is 12.9. The Morgan fingerprint density at radius 2 is 2.09 bits per heavy atom. The molecule has 1 fully saturated rings. The van der Waals surface area contributed by atoms with Crippen LogP contribution in [0.15, 0.2) is 12.1 Å². The van der Waals surface area contributed by atoms with Crippen LogP contribution in [0.2, 0.25) is 10.0 Å². The van der Waals surface area contributed by atoms with Crippen molar-refractivity contribution in [2.45, 2.75) is 45.6 Å². The number of carbonyl (C=O) groups is 1. The molecule has 0 bridgehead atoms. The Labute approximate surface area is 147 Å². The highest BCUT2D eigenvalue weighted by molar-refractivity contribution is 6.42. The summed E-state index contributed by atoms with van der Waals surface area (Å²) in [7, 11) is 0. The molecule has 0 aromatic heterocycles. The molecule has 1 aromatic carbocycles. The molecule has 1 aliphatic rings. The van der Waals surface area contributed by atoms with Crippen molar-refractivity contribution in [2.75, 3.05) is 6.54 Å². The Kier molecular flexibility index (Phi) is 5.19. The Hall–Kier alpha value is -0.970. The first-order valence-electron chi connectivity index (χ1n) is 7.77. The van der Waals surface area contributed by atoms with Crippen LogP contribution in [-0.4, -0.2) is 23.3 Å². The van der Waals surface area contributed by atoms with Gasteiger partial charge < -0.3 is 16.2 Å². The molecule has 4 nitrogen and oxygen atoms in total. The molecule has 0 heterocycles. The Bertz CT molecular complexity index is 613. The van der Waals surface area contributed by atoms with E-state index in [0.717, 1.165) is 17.5 Å². The summed E-state index contributed by atoms with van der Waals surface area (Å²) in [5.74, 6) is 0.263. The van der Waals surface area contributed by atoms with Crippen molar-refractivity contribution < 1.29 is 9.90 Å². The fourth-order valence-electron chi connectivity index (χ4n) is 3.52. The van der Waals surface area contributed by atoms with E-state index in [0.29, 0.717) is 29.4 Å². The molecular formula is C17H24Cl2N2O2. The van der Waals surface area contributed by atoms with Crippen molar-refractivity contribution in [3.63, 3.8) is 0 Å². The molecule has 6 heteroatoms. The number of hydrogen-bond acceptors (Lipinski definition) is 2. The molecule has 1 saturated carbocycles. The summed E-state index contributed by atoms with van der Waals surface area (Å²) in [6, 6.07) is 3.82. The summed E-state index contributed by atoms with van der Waals surface area (Å²) >= 11 is 12.6. The van der Waals surface area contributed by atoms with E-state index in [1.54, 1.807) is 0 Å². The fraction of sp³-hybridized carbons (Fsp3) is 0.588. The first-order chi connectivity index (χ1) is 10.6. The maximum Gasteiger partial charge on any atom is 0.405 e. The van der Waals surface area contributed by atoms with E-state index in [2.05, 4.69) is 26.1 Å². The van der Waals surface area contributed by atoms with Crippen LogP contribution in [-0.2, 0) is 12.8 Å². The standard InChI is InChI=1S/C17H24Cl2N2O2/c1-16(2,3)13-9-17(13,21-15(22)23)8-11-6-10(4-5-20)7-12(18)14(11)19/h6-7,13,21H,4-5,8-9,20H2,1-3H3,(H,22,23). The van der Waals surface area contributed by atoms with Gasteiger partial charge in [-0.25, -0.2) is 4.79 Å². The topological polar surface area (TPSA) is 75.3 Å². The van der Waals surface area contributed by atoms with Gasteiger partial charge in [0.2, 0.25) is 0 Å². The average Bonchev–Trinajstić information content (AvgIpc) is 3.09. The van der Waals surface area contributed by atoms with E-state index in [-0.39, 0.29) is 11.3 Å². The minimum Gasteiger partial charge on any atom is -0.465 e. The molecule has 128 valence electrons. The maximum atomic E-state index is 11.3. The van der Waals surface area contributed by atoms with Gasteiger partial charge in [0.25, 0.3) is 0 Å². The highest BCUT2D eigenvalue weighted by Crippen LogP contribution is 2.56. The normalized spacial score (nSPS) is 23.7. The first kappa shape index (κ1) is 18.4. The highest BCUT2D eigenvalue weighted by atomic mass is 35.5. The zero-order valence-electron chi connectivity index (χ0n) is 13.7. The molecule has 4 N–H and O–H groups in total. The van der Waals surface area contributed by atoms with Gasteiger partial charge in [0, 0.05) is 0 Å². The fourth-order valence-corrected chi connectivity index (χ4v) is 3.96. The average molecular weight is 359 g/mol. The molecule has 2 unspecified atom stereocenters. The van der Waals surface area contributed by atoms with Crippen LogP contribution in [0.3, 0.4) is 0 Å². The third-order valence-corrected chi connectivity index (χ3v) is 5.42. The van der Waals surface area contributed by atoms with E-state index in [1.807, 2.05) is 12.1 Å². The second-order valence-corrected chi connectivity index (χ2v) is 8.26. The van der Waals surface area contributed by atoms with Gasteiger partial charge in [-0.15, -0.1) is 0 Å². The number of benzene rings is 1. The predicted octanol–water partition coefficient (Wildman–Crippen LogP) is 4.11. The number of amides is 1. The van der Waals surface area contributed by atoms with Crippen molar-refractivity contribution >= 4 is 29.3 Å². The maximum absolute atomic E-state index is 11.3. The molecule has 0 spiro atoms. The van der Waals surface area contributed by atoms with E-state index < -0.39 is 11.6 Å². The van der Waals surface area contributed by atoms with Crippen molar-refractivity contribution in [1.82, 2.24) is 5.32 Å². The van der Waals surface area contributed by atoms with Gasteiger partial charge in [-0.2, -0.15) is 0 Å². The van der Waals surface area contributed by atoms with E-state index in [9.17, 15) is 9.90 Å². The van der Waals surface area contributed by atoms with E-state index in [4.69, 9.17) is 28.9 Å². The summed E-state index contributed by atoms with van der Waals surface area (Å²) < 4.78 is 0. The van der Waals surface area contributed by atoms with Crippen LogP contribution in [0.1, 0.15) is 38.3 Å².